The largest absolute Gasteiger partial charge is 0.479 e. The van der Waals surface area contributed by atoms with Gasteiger partial charge in [-0.3, -0.25) is 9.59 Å². The highest BCUT2D eigenvalue weighted by molar-refractivity contribution is 5.87. The average Bonchev–Trinajstić information content (AvgIpc) is 3.55. The second kappa shape index (κ2) is 13.8. The zero-order valence-electron chi connectivity index (χ0n) is 24.7. The van der Waals surface area contributed by atoms with Gasteiger partial charge in [-0.2, -0.15) is 0 Å². The number of methoxy groups -OCH3 is 2. The Kier molecular flexibility index (Phi) is 10.4. The van der Waals surface area contributed by atoms with Crippen LogP contribution in [0, 0.1) is 11.3 Å². The summed E-state index contributed by atoms with van der Waals surface area (Å²) in [6, 6.07) is 1.62. The minimum atomic E-state index is -0.570. The number of nitrogens with one attached hydrogen (secondary N) is 1. The van der Waals surface area contributed by atoms with E-state index in [4.69, 9.17) is 23.5 Å². The number of nitrogens with zero attached hydrogens (tertiary/aromatic N) is 1. The molecule has 10 nitrogen and oxygen atoms in total. The van der Waals surface area contributed by atoms with Crippen molar-refractivity contribution < 1.29 is 38.2 Å². The number of carbonyl (C=O) groups excluding carboxylic acids is 2. The number of esters is 1. The smallest absolute Gasteiger partial charge is 0.308 e. The maximum atomic E-state index is 12.6. The molecule has 3 heterocycles. The van der Waals surface area contributed by atoms with E-state index in [9.17, 15) is 14.7 Å². The van der Waals surface area contributed by atoms with Crippen LogP contribution in [0.4, 0.5) is 0 Å². The molecule has 226 valence electrons. The second-order valence-corrected chi connectivity index (χ2v) is 11.7. The van der Waals surface area contributed by atoms with Crippen molar-refractivity contribution in [3.05, 3.63) is 48.3 Å². The van der Waals surface area contributed by atoms with Crippen molar-refractivity contribution in [3.8, 4) is 5.88 Å². The van der Waals surface area contributed by atoms with E-state index in [0.717, 1.165) is 25.7 Å². The summed E-state index contributed by atoms with van der Waals surface area (Å²) in [5.74, 6) is 0.696. The van der Waals surface area contributed by atoms with E-state index >= 15 is 0 Å². The summed E-state index contributed by atoms with van der Waals surface area (Å²) in [6.07, 6.45) is 14.1. The van der Waals surface area contributed by atoms with Crippen molar-refractivity contribution in [2.24, 2.45) is 11.3 Å². The van der Waals surface area contributed by atoms with Gasteiger partial charge in [-0.1, -0.05) is 44.2 Å². The van der Waals surface area contributed by atoms with Crippen molar-refractivity contribution >= 4 is 11.9 Å². The summed E-state index contributed by atoms with van der Waals surface area (Å²) < 4.78 is 27.4. The fraction of sp³-hybridized carbons (Fsp3) is 0.645. The summed E-state index contributed by atoms with van der Waals surface area (Å²) in [4.78, 5) is 24.3. The lowest BCUT2D eigenvalue weighted by Gasteiger charge is -2.39. The van der Waals surface area contributed by atoms with Gasteiger partial charge < -0.3 is 33.9 Å². The Balaban J connectivity index is 1.22. The van der Waals surface area contributed by atoms with E-state index in [1.165, 1.54) is 20.3 Å². The Morgan fingerprint density at radius 3 is 2.71 bits per heavy atom. The molecule has 1 amide bonds. The molecule has 1 spiro atoms. The first-order valence-electron chi connectivity index (χ1n) is 14.5. The van der Waals surface area contributed by atoms with Crippen LogP contribution in [-0.4, -0.2) is 72.9 Å². The number of amides is 1. The molecule has 0 aromatic carbocycles. The van der Waals surface area contributed by atoms with Crippen molar-refractivity contribution in [1.29, 1.82) is 0 Å². The normalized spacial score (nSPS) is 32.0. The highest BCUT2D eigenvalue weighted by Gasteiger charge is 2.56. The molecule has 1 unspecified atom stereocenters. The predicted octanol–water partition coefficient (Wildman–Crippen LogP) is 4.01. The zero-order chi connectivity index (χ0) is 29.6. The molecule has 2 N–H and O–H groups in total. The quantitative estimate of drug-likeness (QED) is 0.230. The van der Waals surface area contributed by atoms with E-state index in [1.807, 2.05) is 32.1 Å². The molecule has 3 fully saturated rings. The van der Waals surface area contributed by atoms with Gasteiger partial charge in [-0.15, -0.1) is 0 Å². The fourth-order valence-corrected chi connectivity index (χ4v) is 5.79. The van der Waals surface area contributed by atoms with Crippen LogP contribution in [-0.2, 0) is 23.8 Å². The van der Waals surface area contributed by atoms with Crippen LogP contribution in [0.2, 0.25) is 0 Å². The van der Waals surface area contributed by atoms with Gasteiger partial charge in [0, 0.05) is 17.4 Å². The highest BCUT2D eigenvalue weighted by atomic mass is 16.5. The van der Waals surface area contributed by atoms with E-state index in [1.54, 1.807) is 12.1 Å². The number of aromatic nitrogens is 1. The number of carbonyl (C=O) groups is 2. The minimum absolute atomic E-state index is 0.0375. The summed E-state index contributed by atoms with van der Waals surface area (Å²) >= 11 is 0. The number of hydrogen-bond acceptors (Lipinski definition) is 9. The van der Waals surface area contributed by atoms with Gasteiger partial charge in [0.1, 0.15) is 11.9 Å². The Bertz CT molecular complexity index is 1120. The third-order valence-electron chi connectivity index (χ3n) is 8.60. The lowest BCUT2D eigenvalue weighted by Crippen LogP contribution is -2.50. The van der Waals surface area contributed by atoms with Gasteiger partial charge >= 0.3 is 5.97 Å². The molecule has 2 saturated heterocycles. The van der Waals surface area contributed by atoms with Crippen molar-refractivity contribution in [2.75, 3.05) is 14.2 Å². The van der Waals surface area contributed by atoms with Crippen LogP contribution in [0.1, 0.15) is 71.0 Å². The SMILES string of the molecule is COC(=O)C[C@@H]1CC2(CC2)[C@H](O)[C@@H](/C=C/C=C/C[C@@H]2O[C@H](C)[C@H](NC(=O)/C=C\C(C)c3cc(OC)no3)C[C@@H]2C)O1. The van der Waals surface area contributed by atoms with Gasteiger partial charge in [-0.05, 0) is 56.2 Å². The first-order valence-corrected chi connectivity index (χ1v) is 14.5. The fourth-order valence-electron chi connectivity index (χ4n) is 5.79. The Morgan fingerprint density at radius 2 is 2.02 bits per heavy atom. The van der Waals surface area contributed by atoms with E-state index in [-0.39, 0.29) is 59.9 Å². The Morgan fingerprint density at radius 1 is 1.24 bits per heavy atom. The maximum absolute atomic E-state index is 12.6. The number of allylic oxidation sites excluding steroid dienone is 3. The first kappa shape index (κ1) is 31.0. The first-order chi connectivity index (χ1) is 19.6. The zero-order valence-corrected chi connectivity index (χ0v) is 24.7. The van der Waals surface area contributed by atoms with Crippen LogP contribution in [0.15, 0.2) is 47.0 Å². The summed E-state index contributed by atoms with van der Waals surface area (Å²) in [5.41, 5.74) is -0.137. The third-order valence-corrected chi connectivity index (χ3v) is 8.60. The lowest BCUT2D eigenvalue weighted by molar-refractivity contribution is -0.158. The van der Waals surface area contributed by atoms with E-state index in [0.29, 0.717) is 18.1 Å². The molecule has 8 atom stereocenters. The van der Waals surface area contributed by atoms with E-state index in [2.05, 4.69) is 23.5 Å². The van der Waals surface area contributed by atoms with Crippen LogP contribution < -0.4 is 10.1 Å². The number of hydrogen-bond donors (Lipinski definition) is 2. The number of aliphatic hydroxyl groups excluding tert-OH is 1. The topological polar surface area (TPSA) is 129 Å². The molecular weight excluding hydrogens is 528 g/mol. The molecule has 4 rings (SSSR count). The van der Waals surface area contributed by atoms with Crippen LogP contribution in [0.25, 0.3) is 0 Å². The van der Waals surface area contributed by atoms with Crippen LogP contribution in [0.3, 0.4) is 0 Å². The molecule has 41 heavy (non-hydrogen) atoms. The van der Waals surface area contributed by atoms with Crippen molar-refractivity contribution in [2.45, 2.75) is 102 Å². The van der Waals surface area contributed by atoms with Crippen molar-refractivity contribution in [3.63, 3.8) is 0 Å². The summed E-state index contributed by atoms with van der Waals surface area (Å²) in [7, 11) is 2.90. The van der Waals surface area contributed by atoms with Gasteiger partial charge in [0.2, 0.25) is 5.91 Å². The molecule has 0 radical (unpaired) electrons. The summed E-state index contributed by atoms with van der Waals surface area (Å²) in [6.45, 7) is 6.04. The van der Waals surface area contributed by atoms with Gasteiger partial charge in [0.15, 0.2) is 0 Å². The third kappa shape index (κ3) is 8.08. The maximum Gasteiger partial charge on any atom is 0.308 e. The molecule has 1 aliphatic carbocycles. The van der Waals surface area contributed by atoms with E-state index < -0.39 is 12.2 Å². The van der Waals surface area contributed by atoms with Crippen molar-refractivity contribution in [1.82, 2.24) is 10.5 Å². The average molecular weight is 573 g/mol. The Labute approximate surface area is 242 Å². The number of rotatable bonds is 11. The predicted molar refractivity (Wildman–Crippen MR) is 151 cm³/mol. The minimum Gasteiger partial charge on any atom is -0.479 e. The van der Waals surface area contributed by atoms with Crippen LogP contribution >= 0.6 is 0 Å². The van der Waals surface area contributed by atoms with Gasteiger partial charge in [0.05, 0.1) is 51.1 Å². The summed E-state index contributed by atoms with van der Waals surface area (Å²) in [5, 5.41) is 17.7. The molecule has 1 aromatic rings. The second-order valence-electron chi connectivity index (χ2n) is 11.7. The molecule has 3 aliphatic rings. The highest BCUT2D eigenvalue weighted by Crippen LogP contribution is 2.56. The molecule has 1 aromatic heterocycles. The van der Waals surface area contributed by atoms with Crippen LogP contribution in [0.5, 0.6) is 5.88 Å². The molecule has 2 aliphatic heterocycles. The van der Waals surface area contributed by atoms with Gasteiger partial charge in [-0.25, -0.2) is 0 Å². The number of ether oxygens (including phenoxy) is 4. The van der Waals surface area contributed by atoms with Gasteiger partial charge in [0.25, 0.3) is 5.88 Å². The monoisotopic (exact) mass is 572 g/mol. The standard InChI is InChI=1S/C31H44N2O8/c1-19(26-17-28(37-4)33-41-26)11-12-27(34)32-23-15-20(2)24(39-21(23)3)9-7-6-8-10-25-30(36)31(13-14-31)18-22(40-25)16-29(35)38-5/h6-8,10-12,17,19-25,30,36H,9,13-16,18H2,1-5H3,(H,32,34)/b7-6+,10-8+,12-11-/t19?,20-,21+,22+,23+,24-,25+,30+/m0/s1. The molecule has 10 heteroatoms. The number of aliphatic hydroxyl groups is 1. The molecule has 0 bridgehead atoms. The molecule has 1 saturated carbocycles. The Hall–Kier alpha value is -2.95. The lowest BCUT2D eigenvalue weighted by atomic mass is 9.84. The molecular formula is C31H44N2O8.